The summed E-state index contributed by atoms with van der Waals surface area (Å²) < 4.78 is 0. The second-order valence-corrected chi connectivity index (χ2v) is 5.13. The van der Waals surface area contributed by atoms with E-state index in [0.29, 0.717) is 0 Å². The normalized spacial score (nSPS) is 67.2. The average molecular weight is 146 g/mol. The van der Waals surface area contributed by atoms with Crippen LogP contribution in [0, 0.1) is 22.7 Å². The molecule has 0 heterocycles. The van der Waals surface area contributed by atoms with Gasteiger partial charge in [0.2, 0.25) is 0 Å². The van der Waals surface area contributed by atoms with E-state index in [0.717, 1.165) is 22.7 Å². The van der Waals surface area contributed by atoms with Gasteiger partial charge in [0.05, 0.1) is 0 Å². The van der Waals surface area contributed by atoms with Crippen molar-refractivity contribution in [2.45, 2.75) is 32.6 Å². The van der Waals surface area contributed by atoms with Gasteiger partial charge in [-0.25, -0.2) is 0 Å². The van der Waals surface area contributed by atoms with Gasteiger partial charge in [-0.1, -0.05) is 18.6 Å². The minimum atomic E-state index is 0.769. The van der Waals surface area contributed by atoms with Crippen LogP contribution in [-0.4, -0.2) is 0 Å². The van der Waals surface area contributed by atoms with Crippen molar-refractivity contribution in [3.05, 3.63) is 11.6 Å². The summed E-state index contributed by atoms with van der Waals surface area (Å²) in [7, 11) is 0. The summed E-state index contributed by atoms with van der Waals surface area (Å²) in [6.45, 7) is 2.39. The van der Waals surface area contributed by atoms with Crippen LogP contribution in [0.3, 0.4) is 0 Å². The zero-order valence-corrected chi connectivity index (χ0v) is 7.06. The molecular formula is C11H14. The maximum Gasteiger partial charge on any atom is 0.000698 e. The molecule has 0 aromatic rings. The summed E-state index contributed by atoms with van der Waals surface area (Å²) in [6, 6.07) is 0. The molecule has 4 atom stereocenters. The standard InChI is InChI=1S/C11H14/c1-2-10-4-7-3-8-5-11(8,10)6-9(7)10/h4,8-9H,2-3,5-6H2,1H3. The quantitative estimate of drug-likeness (QED) is 0.499. The summed E-state index contributed by atoms with van der Waals surface area (Å²) in [5.41, 5.74) is 3.50. The highest BCUT2D eigenvalue weighted by atomic mass is 14.8. The Kier molecular flexibility index (Phi) is 0.551. The monoisotopic (exact) mass is 146 g/mol. The fourth-order valence-electron chi connectivity index (χ4n) is 4.65. The minimum Gasteiger partial charge on any atom is -0.0776 e. The van der Waals surface area contributed by atoms with Crippen molar-refractivity contribution in [3.63, 3.8) is 0 Å². The van der Waals surface area contributed by atoms with Gasteiger partial charge >= 0.3 is 0 Å². The van der Waals surface area contributed by atoms with Gasteiger partial charge < -0.3 is 0 Å². The highest BCUT2D eigenvalue weighted by molar-refractivity contribution is 5.49. The average Bonchev–Trinajstić information content (AvgIpc) is 2.74. The number of hydrogen-bond acceptors (Lipinski definition) is 0. The van der Waals surface area contributed by atoms with Gasteiger partial charge in [-0.3, -0.25) is 0 Å². The highest BCUT2D eigenvalue weighted by Gasteiger charge is 2.81. The molecular weight excluding hydrogens is 132 g/mol. The van der Waals surface area contributed by atoms with Crippen molar-refractivity contribution in [2.75, 3.05) is 0 Å². The summed E-state index contributed by atoms with van der Waals surface area (Å²) >= 11 is 0. The third-order valence-electron chi connectivity index (χ3n) is 5.31. The molecule has 11 heavy (non-hydrogen) atoms. The fourth-order valence-corrected chi connectivity index (χ4v) is 4.65. The maximum atomic E-state index is 2.64. The molecule has 5 aliphatic carbocycles. The van der Waals surface area contributed by atoms with E-state index in [2.05, 4.69) is 13.0 Å². The lowest BCUT2D eigenvalue weighted by molar-refractivity contribution is -0.0798. The van der Waals surface area contributed by atoms with Crippen molar-refractivity contribution in [1.82, 2.24) is 0 Å². The second-order valence-electron chi connectivity index (χ2n) is 5.13. The van der Waals surface area contributed by atoms with E-state index in [9.17, 15) is 0 Å². The molecule has 0 radical (unpaired) electrons. The highest BCUT2D eigenvalue weighted by Crippen LogP contribution is 2.89. The second kappa shape index (κ2) is 1.12. The lowest BCUT2D eigenvalue weighted by atomic mass is 9.36. The molecule has 3 saturated carbocycles. The van der Waals surface area contributed by atoms with Gasteiger partial charge in [0.15, 0.2) is 0 Å². The Morgan fingerprint density at radius 3 is 3.00 bits per heavy atom. The van der Waals surface area contributed by atoms with E-state index in [1.807, 2.05) is 5.57 Å². The molecule has 4 unspecified atom stereocenters. The van der Waals surface area contributed by atoms with E-state index < -0.39 is 0 Å². The van der Waals surface area contributed by atoms with Crippen LogP contribution in [0.4, 0.5) is 0 Å². The van der Waals surface area contributed by atoms with Gasteiger partial charge in [0, 0.05) is 5.41 Å². The van der Waals surface area contributed by atoms with Crippen molar-refractivity contribution < 1.29 is 0 Å². The molecule has 0 saturated heterocycles. The van der Waals surface area contributed by atoms with Crippen LogP contribution in [0.1, 0.15) is 32.6 Å². The van der Waals surface area contributed by atoms with Crippen LogP contribution in [-0.2, 0) is 0 Å². The first-order valence-corrected chi connectivity index (χ1v) is 5.04. The predicted molar refractivity (Wildman–Crippen MR) is 44.1 cm³/mol. The van der Waals surface area contributed by atoms with Gasteiger partial charge in [-0.05, 0) is 42.9 Å². The first kappa shape index (κ1) is 5.40. The van der Waals surface area contributed by atoms with E-state index in [1.165, 1.54) is 12.8 Å². The van der Waals surface area contributed by atoms with E-state index in [-0.39, 0.29) is 0 Å². The molecule has 5 aliphatic rings. The molecule has 4 bridgehead atoms. The number of rotatable bonds is 1. The first-order valence-electron chi connectivity index (χ1n) is 5.04. The third kappa shape index (κ3) is 0.292. The van der Waals surface area contributed by atoms with Gasteiger partial charge in [-0.15, -0.1) is 0 Å². The molecule has 0 heteroatoms. The summed E-state index contributed by atoms with van der Waals surface area (Å²) in [5, 5.41) is 0. The Morgan fingerprint density at radius 2 is 2.45 bits per heavy atom. The molecule has 58 valence electrons. The zero-order chi connectivity index (χ0) is 7.27. The molecule has 0 nitrogen and oxygen atoms in total. The van der Waals surface area contributed by atoms with Gasteiger partial charge in [0.1, 0.15) is 0 Å². The maximum absolute atomic E-state index is 2.64. The molecule has 0 aromatic carbocycles. The number of hydrogen-bond donors (Lipinski definition) is 0. The Morgan fingerprint density at radius 1 is 1.55 bits per heavy atom. The number of allylic oxidation sites excluding steroid dienone is 2. The molecule has 0 amide bonds. The van der Waals surface area contributed by atoms with Crippen molar-refractivity contribution in [1.29, 1.82) is 0 Å². The molecule has 5 rings (SSSR count). The Labute approximate surface area is 67.7 Å². The summed E-state index contributed by atoms with van der Waals surface area (Å²) in [6.07, 6.45) is 8.73. The lowest BCUT2D eigenvalue weighted by Gasteiger charge is -2.67. The smallest absolute Gasteiger partial charge is 0.000698 e. The van der Waals surface area contributed by atoms with E-state index in [4.69, 9.17) is 0 Å². The molecule has 1 spiro atoms. The van der Waals surface area contributed by atoms with E-state index in [1.54, 1.807) is 12.8 Å². The zero-order valence-electron chi connectivity index (χ0n) is 7.06. The van der Waals surface area contributed by atoms with Crippen LogP contribution < -0.4 is 0 Å². The third-order valence-corrected chi connectivity index (χ3v) is 5.31. The Balaban J connectivity index is 1.96. The minimum absolute atomic E-state index is 0.769. The molecule has 0 aromatic heterocycles. The van der Waals surface area contributed by atoms with Crippen molar-refractivity contribution >= 4 is 0 Å². The lowest BCUT2D eigenvalue weighted by Crippen LogP contribution is -2.59. The molecule has 0 N–H and O–H groups in total. The molecule has 3 fully saturated rings. The van der Waals surface area contributed by atoms with Crippen molar-refractivity contribution in [3.8, 4) is 0 Å². The van der Waals surface area contributed by atoms with E-state index >= 15 is 0 Å². The van der Waals surface area contributed by atoms with Crippen molar-refractivity contribution in [2.24, 2.45) is 22.7 Å². The predicted octanol–water partition coefficient (Wildman–Crippen LogP) is 2.75. The van der Waals surface area contributed by atoms with Crippen LogP contribution in [0.15, 0.2) is 11.6 Å². The fraction of sp³-hybridized carbons (Fsp3) is 0.818. The van der Waals surface area contributed by atoms with Gasteiger partial charge in [0.25, 0.3) is 0 Å². The topological polar surface area (TPSA) is 0 Å². The molecule has 0 aliphatic heterocycles. The first-order chi connectivity index (χ1) is 5.32. The van der Waals surface area contributed by atoms with Crippen LogP contribution >= 0.6 is 0 Å². The largest absolute Gasteiger partial charge is 0.0776 e. The summed E-state index contributed by atoms with van der Waals surface area (Å²) in [4.78, 5) is 0. The van der Waals surface area contributed by atoms with Crippen LogP contribution in [0.2, 0.25) is 0 Å². The Bertz CT molecular complexity index is 288. The summed E-state index contributed by atoms with van der Waals surface area (Å²) in [5.74, 6) is 2.22. The van der Waals surface area contributed by atoms with Crippen LogP contribution in [0.25, 0.3) is 0 Å². The SMILES string of the molecule is CCC12C=C3CC4CC41CC32. The van der Waals surface area contributed by atoms with Gasteiger partial charge in [-0.2, -0.15) is 0 Å². The Hall–Kier alpha value is -0.260. The van der Waals surface area contributed by atoms with Crippen LogP contribution in [0.5, 0.6) is 0 Å².